The molecular formula is C14H24N4OS. The maximum Gasteiger partial charge on any atom is 0.191 e. The topological polar surface area (TPSA) is 62.5 Å². The molecule has 0 spiro atoms. The fourth-order valence-electron chi connectivity index (χ4n) is 2.45. The molecule has 0 aliphatic heterocycles. The van der Waals surface area contributed by atoms with Crippen molar-refractivity contribution in [3.8, 4) is 0 Å². The van der Waals surface area contributed by atoms with Crippen LogP contribution in [-0.4, -0.2) is 34.7 Å². The summed E-state index contributed by atoms with van der Waals surface area (Å²) in [6.07, 6.45) is 5.34. The van der Waals surface area contributed by atoms with E-state index >= 15 is 0 Å². The number of aromatic nitrogens is 1. The Hall–Kier alpha value is -1.17. The molecule has 1 aromatic rings. The maximum atomic E-state index is 4.82. The molecule has 1 saturated carbocycles. The molecule has 1 heterocycles. The zero-order valence-corrected chi connectivity index (χ0v) is 13.1. The van der Waals surface area contributed by atoms with E-state index in [-0.39, 0.29) is 0 Å². The molecule has 2 rings (SSSR count). The first-order valence-electron chi connectivity index (χ1n) is 7.37. The van der Waals surface area contributed by atoms with Crippen molar-refractivity contribution in [1.82, 2.24) is 15.8 Å². The predicted octanol–water partition coefficient (Wildman–Crippen LogP) is 2.40. The van der Waals surface area contributed by atoms with Gasteiger partial charge in [-0.25, -0.2) is 4.99 Å². The van der Waals surface area contributed by atoms with E-state index in [2.05, 4.69) is 46.4 Å². The van der Waals surface area contributed by atoms with Crippen LogP contribution in [0.2, 0.25) is 0 Å². The normalized spacial score (nSPS) is 23.0. The van der Waals surface area contributed by atoms with E-state index in [1.807, 2.05) is 6.07 Å². The standard InChI is InChI=1S/C14H24N4OS/c1-3-15-14(16-10-12-7-8-19-18-12)17-11-5-6-13(9-11)20-4-2/h7-8,11,13H,3-6,9-10H2,1-2H3,(H2,15,16,17). The summed E-state index contributed by atoms with van der Waals surface area (Å²) in [5, 5.41) is 11.5. The van der Waals surface area contributed by atoms with Crippen LogP contribution in [0.25, 0.3) is 0 Å². The van der Waals surface area contributed by atoms with Gasteiger partial charge in [-0.2, -0.15) is 11.8 Å². The smallest absolute Gasteiger partial charge is 0.191 e. The second-order valence-corrected chi connectivity index (χ2v) is 6.49. The van der Waals surface area contributed by atoms with Gasteiger partial charge in [-0.05, 0) is 31.9 Å². The number of nitrogens with one attached hydrogen (secondary N) is 2. The maximum absolute atomic E-state index is 4.82. The van der Waals surface area contributed by atoms with Crippen LogP contribution in [0, 0.1) is 0 Å². The van der Waals surface area contributed by atoms with Gasteiger partial charge < -0.3 is 15.2 Å². The molecular weight excluding hydrogens is 272 g/mol. The van der Waals surface area contributed by atoms with Gasteiger partial charge in [0.15, 0.2) is 5.96 Å². The second kappa shape index (κ2) is 8.19. The van der Waals surface area contributed by atoms with Crippen molar-refractivity contribution in [2.24, 2.45) is 4.99 Å². The Balaban J connectivity index is 1.84. The molecule has 1 fully saturated rings. The molecule has 0 saturated heterocycles. The Labute approximate surface area is 125 Å². The highest BCUT2D eigenvalue weighted by atomic mass is 32.2. The SMILES string of the molecule is CCNC(=NCc1ccon1)NC1CCC(SCC)C1. The van der Waals surface area contributed by atoms with E-state index in [0.717, 1.165) is 23.4 Å². The van der Waals surface area contributed by atoms with Crippen molar-refractivity contribution in [2.45, 2.75) is 50.9 Å². The highest BCUT2D eigenvalue weighted by Gasteiger charge is 2.25. The highest BCUT2D eigenvalue weighted by Crippen LogP contribution is 2.29. The van der Waals surface area contributed by atoms with Gasteiger partial charge in [0.25, 0.3) is 0 Å². The Kier molecular flexibility index (Phi) is 6.24. The van der Waals surface area contributed by atoms with E-state index in [4.69, 9.17) is 4.52 Å². The minimum atomic E-state index is 0.536. The zero-order chi connectivity index (χ0) is 14.2. The van der Waals surface area contributed by atoms with Crippen molar-refractivity contribution in [1.29, 1.82) is 0 Å². The average Bonchev–Trinajstić information content (AvgIpc) is 3.08. The third kappa shape index (κ3) is 4.74. The molecule has 20 heavy (non-hydrogen) atoms. The summed E-state index contributed by atoms with van der Waals surface area (Å²) in [4.78, 5) is 4.56. The number of aliphatic imine (C=N–C) groups is 1. The van der Waals surface area contributed by atoms with Gasteiger partial charge in [0, 0.05) is 23.9 Å². The van der Waals surface area contributed by atoms with Crippen LogP contribution in [0.4, 0.5) is 0 Å². The lowest BCUT2D eigenvalue weighted by atomic mass is 10.2. The monoisotopic (exact) mass is 296 g/mol. The summed E-state index contributed by atoms with van der Waals surface area (Å²) in [5.74, 6) is 2.08. The van der Waals surface area contributed by atoms with Crippen LogP contribution >= 0.6 is 11.8 Å². The van der Waals surface area contributed by atoms with Gasteiger partial charge in [-0.3, -0.25) is 0 Å². The number of hydrogen-bond donors (Lipinski definition) is 2. The summed E-state index contributed by atoms with van der Waals surface area (Å²) in [6.45, 7) is 5.72. The largest absolute Gasteiger partial charge is 0.364 e. The van der Waals surface area contributed by atoms with Crippen LogP contribution in [0.3, 0.4) is 0 Å². The summed E-state index contributed by atoms with van der Waals surface area (Å²) in [5.41, 5.74) is 0.855. The minimum Gasteiger partial charge on any atom is -0.364 e. The summed E-state index contributed by atoms with van der Waals surface area (Å²) >= 11 is 2.07. The van der Waals surface area contributed by atoms with Crippen LogP contribution in [0.15, 0.2) is 21.8 Å². The lowest BCUT2D eigenvalue weighted by Crippen LogP contribution is -2.42. The minimum absolute atomic E-state index is 0.536. The Morgan fingerprint density at radius 1 is 1.50 bits per heavy atom. The predicted molar refractivity (Wildman–Crippen MR) is 84.0 cm³/mol. The zero-order valence-electron chi connectivity index (χ0n) is 12.3. The molecule has 1 aliphatic rings. The van der Waals surface area contributed by atoms with Gasteiger partial charge in [0.2, 0.25) is 0 Å². The van der Waals surface area contributed by atoms with Crippen molar-refractivity contribution in [2.75, 3.05) is 12.3 Å². The first-order valence-corrected chi connectivity index (χ1v) is 8.42. The Bertz CT molecular complexity index is 407. The van der Waals surface area contributed by atoms with Crippen molar-refractivity contribution in [3.63, 3.8) is 0 Å². The van der Waals surface area contributed by atoms with Gasteiger partial charge in [0.1, 0.15) is 12.0 Å². The van der Waals surface area contributed by atoms with Gasteiger partial charge >= 0.3 is 0 Å². The second-order valence-electron chi connectivity index (χ2n) is 4.92. The molecule has 6 heteroatoms. The van der Waals surface area contributed by atoms with Crippen molar-refractivity contribution in [3.05, 3.63) is 18.0 Å². The van der Waals surface area contributed by atoms with Crippen molar-refractivity contribution >= 4 is 17.7 Å². The lowest BCUT2D eigenvalue weighted by molar-refractivity contribution is 0.412. The summed E-state index contributed by atoms with van der Waals surface area (Å²) in [6, 6.07) is 2.38. The van der Waals surface area contributed by atoms with Gasteiger partial charge in [-0.1, -0.05) is 12.1 Å². The third-order valence-corrected chi connectivity index (χ3v) is 4.60. The van der Waals surface area contributed by atoms with Gasteiger partial charge in [0.05, 0.1) is 6.54 Å². The van der Waals surface area contributed by atoms with E-state index in [1.165, 1.54) is 25.0 Å². The first kappa shape index (κ1) is 15.2. The molecule has 2 N–H and O–H groups in total. The van der Waals surface area contributed by atoms with E-state index in [0.29, 0.717) is 12.6 Å². The molecule has 5 nitrogen and oxygen atoms in total. The summed E-state index contributed by atoms with van der Waals surface area (Å²) < 4.78 is 4.82. The molecule has 0 amide bonds. The average molecular weight is 296 g/mol. The van der Waals surface area contributed by atoms with Crippen LogP contribution in [0.5, 0.6) is 0 Å². The van der Waals surface area contributed by atoms with E-state index in [9.17, 15) is 0 Å². The number of rotatable bonds is 6. The molecule has 1 aliphatic carbocycles. The van der Waals surface area contributed by atoms with Crippen LogP contribution in [0.1, 0.15) is 38.8 Å². The lowest BCUT2D eigenvalue weighted by Gasteiger charge is -2.17. The van der Waals surface area contributed by atoms with E-state index < -0.39 is 0 Å². The Morgan fingerprint density at radius 3 is 3.10 bits per heavy atom. The molecule has 112 valence electrons. The third-order valence-electron chi connectivity index (χ3n) is 3.36. The molecule has 0 bridgehead atoms. The quantitative estimate of drug-likeness (QED) is 0.623. The fourth-order valence-corrected chi connectivity index (χ4v) is 3.59. The highest BCUT2D eigenvalue weighted by molar-refractivity contribution is 7.99. The molecule has 2 unspecified atom stereocenters. The van der Waals surface area contributed by atoms with E-state index in [1.54, 1.807) is 6.26 Å². The number of nitrogens with zero attached hydrogens (tertiary/aromatic N) is 2. The Morgan fingerprint density at radius 2 is 2.40 bits per heavy atom. The number of guanidine groups is 1. The molecule has 0 radical (unpaired) electrons. The van der Waals surface area contributed by atoms with Crippen LogP contribution in [-0.2, 0) is 6.54 Å². The number of thioether (sulfide) groups is 1. The number of hydrogen-bond acceptors (Lipinski definition) is 4. The first-order chi connectivity index (χ1) is 9.81. The van der Waals surface area contributed by atoms with Crippen LogP contribution < -0.4 is 10.6 Å². The molecule has 1 aromatic heterocycles. The molecule has 2 atom stereocenters. The fraction of sp³-hybridized carbons (Fsp3) is 0.714. The van der Waals surface area contributed by atoms with Gasteiger partial charge in [-0.15, -0.1) is 0 Å². The summed E-state index contributed by atoms with van der Waals surface area (Å²) in [7, 11) is 0. The molecule has 0 aromatic carbocycles. The van der Waals surface area contributed by atoms with Crippen molar-refractivity contribution < 1.29 is 4.52 Å².